The largest absolute Gasteiger partial charge is 0.370 e. The number of carbonyl (C=O) groups excluding carboxylic acids is 1. The van der Waals surface area contributed by atoms with Crippen molar-refractivity contribution in [1.82, 2.24) is 0 Å². The highest BCUT2D eigenvalue weighted by molar-refractivity contribution is 7.90. The number of hydrogen-bond acceptors (Lipinski definition) is 3. The number of carbonyl (C=O) groups is 1. The molecule has 0 aliphatic carbocycles. The van der Waals surface area contributed by atoms with Crippen LogP contribution in [-0.4, -0.2) is 26.3 Å². The predicted octanol–water partition coefficient (Wildman–Crippen LogP) is 4.76. The number of nitrogens with two attached hydrogens (primary N) is 1. The van der Waals surface area contributed by atoms with Crippen LogP contribution in [-0.2, 0) is 14.6 Å². The van der Waals surface area contributed by atoms with Gasteiger partial charge in [0, 0.05) is 18.4 Å². The molecular formula is C19H39NO3S. The van der Waals surface area contributed by atoms with E-state index < -0.39 is 9.84 Å². The first-order valence-electron chi connectivity index (χ1n) is 9.88. The summed E-state index contributed by atoms with van der Waals surface area (Å²) < 4.78 is 22.0. The fourth-order valence-electron chi connectivity index (χ4n) is 2.96. The lowest BCUT2D eigenvalue weighted by Crippen LogP contribution is -2.09. The Morgan fingerprint density at radius 3 is 1.21 bits per heavy atom. The van der Waals surface area contributed by atoms with E-state index in [9.17, 15) is 13.2 Å². The summed E-state index contributed by atoms with van der Waals surface area (Å²) in [5.74, 6) is 0.168. The van der Waals surface area contributed by atoms with Crippen molar-refractivity contribution in [3.63, 3.8) is 0 Å². The number of sulfone groups is 1. The summed E-state index contributed by atoms with van der Waals surface area (Å²) in [5, 5.41) is 0. The van der Waals surface area contributed by atoms with Crippen molar-refractivity contribution in [1.29, 1.82) is 0 Å². The molecule has 0 unspecified atom stereocenters. The van der Waals surface area contributed by atoms with Crippen LogP contribution in [0.4, 0.5) is 0 Å². The Kier molecular flexibility index (Phi) is 15.5. The van der Waals surface area contributed by atoms with Gasteiger partial charge in [-0.2, -0.15) is 0 Å². The molecule has 0 bridgehead atoms. The smallest absolute Gasteiger partial charge is 0.217 e. The topological polar surface area (TPSA) is 77.2 Å². The Balaban J connectivity index is 3.06. The summed E-state index contributed by atoms with van der Waals surface area (Å²) in [6.07, 6.45) is 20.0. The van der Waals surface area contributed by atoms with Crippen molar-refractivity contribution >= 4 is 15.7 Å². The second-order valence-corrected chi connectivity index (χ2v) is 9.41. The Morgan fingerprint density at radius 2 is 0.917 bits per heavy atom. The number of primary amides is 1. The molecule has 0 aliphatic rings. The Labute approximate surface area is 149 Å². The van der Waals surface area contributed by atoms with Gasteiger partial charge in [0.05, 0.1) is 0 Å². The van der Waals surface area contributed by atoms with E-state index in [0.29, 0.717) is 12.2 Å². The van der Waals surface area contributed by atoms with Gasteiger partial charge >= 0.3 is 0 Å². The van der Waals surface area contributed by atoms with E-state index in [4.69, 9.17) is 5.73 Å². The first-order chi connectivity index (χ1) is 11.4. The van der Waals surface area contributed by atoms with Gasteiger partial charge in [0.1, 0.15) is 9.84 Å². The van der Waals surface area contributed by atoms with Crippen LogP contribution in [0.3, 0.4) is 0 Å². The summed E-state index contributed by atoms with van der Waals surface area (Å²) in [4.78, 5) is 10.6. The monoisotopic (exact) mass is 361 g/mol. The molecule has 0 aromatic carbocycles. The number of rotatable bonds is 18. The number of amides is 1. The van der Waals surface area contributed by atoms with Crippen molar-refractivity contribution in [2.45, 2.75) is 103 Å². The maximum atomic E-state index is 11.0. The van der Waals surface area contributed by atoms with Crippen LogP contribution >= 0.6 is 0 Å². The minimum absolute atomic E-state index is 0.177. The van der Waals surface area contributed by atoms with E-state index in [1.54, 1.807) is 0 Å². The third-order valence-corrected chi connectivity index (χ3v) is 5.47. The summed E-state index contributed by atoms with van der Waals surface area (Å²) >= 11 is 0. The first kappa shape index (κ1) is 23.4. The number of unbranched alkanes of at least 4 members (excludes halogenated alkanes) is 14. The lowest BCUT2D eigenvalue weighted by Gasteiger charge is -2.03. The van der Waals surface area contributed by atoms with Gasteiger partial charge in [0.2, 0.25) is 5.91 Å². The molecule has 2 N–H and O–H groups in total. The molecule has 5 heteroatoms. The average Bonchev–Trinajstić information content (AvgIpc) is 2.49. The second kappa shape index (κ2) is 15.9. The lowest BCUT2D eigenvalue weighted by atomic mass is 10.0. The van der Waals surface area contributed by atoms with E-state index in [1.807, 2.05) is 0 Å². The minimum Gasteiger partial charge on any atom is -0.370 e. The molecule has 0 spiro atoms. The van der Waals surface area contributed by atoms with Crippen molar-refractivity contribution < 1.29 is 13.2 Å². The van der Waals surface area contributed by atoms with Gasteiger partial charge in [-0.15, -0.1) is 0 Å². The van der Waals surface area contributed by atoms with Crippen LogP contribution in [0.5, 0.6) is 0 Å². The predicted molar refractivity (Wildman–Crippen MR) is 103 cm³/mol. The second-order valence-electron chi connectivity index (χ2n) is 7.15. The highest BCUT2D eigenvalue weighted by atomic mass is 32.2. The summed E-state index contributed by atoms with van der Waals surface area (Å²) in [6.45, 7) is 0. The molecule has 0 saturated carbocycles. The lowest BCUT2D eigenvalue weighted by molar-refractivity contribution is -0.118. The molecular weight excluding hydrogens is 322 g/mol. The zero-order valence-corrected chi connectivity index (χ0v) is 16.5. The van der Waals surface area contributed by atoms with Crippen LogP contribution in [0, 0.1) is 0 Å². The molecule has 0 aromatic heterocycles. The zero-order chi connectivity index (χ0) is 18.1. The molecule has 0 atom stereocenters. The van der Waals surface area contributed by atoms with Gasteiger partial charge in [-0.25, -0.2) is 8.42 Å². The Bertz CT molecular complexity index is 393. The van der Waals surface area contributed by atoms with E-state index >= 15 is 0 Å². The Morgan fingerprint density at radius 1 is 0.625 bits per heavy atom. The molecule has 0 radical (unpaired) electrons. The summed E-state index contributed by atoms with van der Waals surface area (Å²) in [5.41, 5.74) is 5.11. The van der Waals surface area contributed by atoms with Crippen molar-refractivity contribution in [2.24, 2.45) is 5.73 Å². The molecule has 24 heavy (non-hydrogen) atoms. The number of hydrogen-bond donors (Lipinski definition) is 1. The molecule has 0 aromatic rings. The third-order valence-electron chi connectivity index (χ3n) is 4.44. The van der Waals surface area contributed by atoms with E-state index in [0.717, 1.165) is 25.7 Å². The fourth-order valence-corrected chi connectivity index (χ4v) is 3.69. The van der Waals surface area contributed by atoms with E-state index in [-0.39, 0.29) is 5.91 Å². The van der Waals surface area contributed by atoms with Gasteiger partial charge in [-0.1, -0.05) is 83.5 Å². The molecule has 4 nitrogen and oxygen atoms in total. The van der Waals surface area contributed by atoms with Crippen LogP contribution in [0.1, 0.15) is 103 Å². The summed E-state index contributed by atoms with van der Waals surface area (Å²) in [7, 11) is -2.77. The van der Waals surface area contributed by atoms with Crippen LogP contribution < -0.4 is 5.73 Å². The molecule has 1 amide bonds. The van der Waals surface area contributed by atoms with Gasteiger partial charge in [0.25, 0.3) is 0 Å². The van der Waals surface area contributed by atoms with Crippen LogP contribution in [0.15, 0.2) is 0 Å². The molecule has 0 saturated heterocycles. The third kappa shape index (κ3) is 21.4. The maximum absolute atomic E-state index is 11.0. The molecule has 0 heterocycles. The fraction of sp³-hybridized carbons (Fsp3) is 0.947. The maximum Gasteiger partial charge on any atom is 0.217 e. The molecule has 0 fully saturated rings. The van der Waals surface area contributed by atoms with E-state index in [2.05, 4.69) is 0 Å². The van der Waals surface area contributed by atoms with Crippen molar-refractivity contribution in [3.8, 4) is 0 Å². The zero-order valence-electron chi connectivity index (χ0n) is 15.7. The summed E-state index contributed by atoms with van der Waals surface area (Å²) in [6, 6.07) is 0. The highest BCUT2D eigenvalue weighted by Gasteiger charge is 2.01. The van der Waals surface area contributed by atoms with Crippen molar-refractivity contribution in [2.75, 3.05) is 12.0 Å². The molecule has 0 rings (SSSR count). The van der Waals surface area contributed by atoms with Crippen LogP contribution in [0.25, 0.3) is 0 Å². The van der Waals surface area contributed by atoms with Crippen molar-refractivity contribution in [3.05, 3.63) is 0 Å². The molecule has 144 valence electrons. The highest BCUT2D eigenvalue weighted by Crippen LogP contribution is 2.13. The van der Waals surface area contributed by atoms with E-state index in [1.165, 1.54) is 76.9 Å². The molecule has 0 aliphatic heterocycles. The van der Waals surface area contributed by atoms with Gasteiger partial charge < -0.3 is 5.73 Å². The van der Waals surface area contributed by atoms with Gasteiger partial charge in [-0.3, -0.25) is 4.79 Å². The normalized spacial score (nSPS) is 11.7. The first-order valence-corrected chi connectivity index (χ1v) is 11.9. The Hall–Kier alpha value is -0.580. The average molecular weight is 362 g/mol. The standard InChI is InChI=1S/C19H39NO3S/c1-24(22,23)18-16-14-12-10-8-6-4-2-3-5-7-9-11-13-15-17-19(20)21/h2-18H2,1H3,(H2,20,21). The van der Waals surface area contributed by atoms with Crippen LogP contribution in [0.2, 0.25) is 0 Å². The minimum atomic E-state index is -2.77. The van der Waals surface area contributed by atoms with Gasteiger partial charge in [-0.05, 0) is 12.8 Å². The SMILES string of the molecule is CS(=O)(=O)CCCCCCCCCCCCCCCCCC(N)=O. The quantitative estimate of drug-likeness (QED) is 0.358. The van der Waals surface area contributed by atoms with Gasteiger partial charge in [0.15, 0.2) is 0 Å².